The molecule has 0 aliphatic rings. The van der Waals surface area contributed by atoms with Crippen molar-refractivity contribution in [3.8, 4) is 11.3 Å². The lowest BCUT2D eigenvalue weighted by atomic mass is 9.90. The van der Waals surface area contributed by atoms with Crippen molar-refractivity contribution in [3.05, 3.63) is 106 Å². The molecule has 6 heteroatoms. The maximum Gasteiger partial charge on any atom is 0.321 e. The fourth-order valence-corrected chi connectivity index (χ4v) is 6.30. The highest BCUT2D eigenvalue weighted by Crippen LogP contribution is 2.28. The molecule has 41 heavy (non-hydrogen) atoms. The SMILES string of the molecule is CCCC(CCC)c1ccc(CN(C)c2ccc(-c3csc(CN(C)[C@@H](Cc4ccccc4)C(=O)O)n3)cc2)cc1. The third-order valence-electron chi connectivity index (χ3n) is 7.77. The molecule has 0 fully saturated rings. The fourth-order valence-electron chi connectivity index (χ4n) is 5.43. The van der Waals surface area contributed by atoms with Crippen molar-refractivity contribution in [3.63, 3.8) is 0 Å². The second kappa shape index (κ2) is 14.9. The van der Waals surface area contributed by atoms with Gasteiger partial charge in [0.05, 0.1) is 12.2 Å². The zero-order valence-electron chi connectivity index (χ0n) is 24.8. The van der Waals surface area contributed by atoms with E-state index in [0.29, 0.717) is 18.9 Å². The molecule has 0 saturated carbocycles. The van der Waals surface area contributed by atoms with Crippen LogP contribution in [0, 0.1) is 0 Å². The summed E-state index contributed by atoms with van der Waals surface area (Å²) in [4.78, 5) is 21.0. The van der Waals surface area contributed by atoms with Crippen molar-refractivity contribution in [2.24, 2.45) is 0 Å². The van der Waals surface area contributed by atoms with Gasteiger partial charge in [-0.15, -0.1) is 11.3 Å². The number of anilines is 1. The van der Waals surface area contributed by atoms with E-state index in [-0.39, 0.29) is 0 Å². The van der Waals surface area contributed by atoms with Crippen LogP contribution < -0.4 is 4.90 Å². The van der Waals surface area contributed by atoms with Crippen molar-refractivity contribution in [1.29, 1.82) is 0 Å². The lowest BCUT2D eigenvalue weighted by molar-refractivity contribution is -0.142. The van der Waals surface area contributed by atoms with Crippen molar-refractivity contribution >= 4 is 23.0 Å². The Morgan fingerprint density at radius 2 is 1.51 bits per heavy atom. The summed E-state index contributed by atoms with van der Waals surface area (Å²) in [6.45, 7) is 5.89. The van der Waals surface area contributed by atoms with Crippen LogP contribution in [-0.2, 0) is 24.3 Å². The molecular weight excluding hydrogens is 526 g/mol. The summed E-state index contributed by atoms with van der Waals surface area (Å²) >= 11 is 1.57. The molecule has 1 N–H and O–H groups in total. The standard InChI is InChI=1S/C35H43N3O2S/c1-5-10-28(11-6-2)29-16-14-27(15-17-29)23-37(3)31-20-18-30(19-21-31)32-25-41-34(36-32)24-38(4)33(35(39)40)22-26-12-8-7-9-13-26/h7-9,12-21,25,28,33H,5-6,10-11,22-24H2,1-4H3,(H,39,40)/t33-/m0/s1. The summed E-state index contributed by atoms with van der Waals surface area (Å²) in [6, 6.07) is 26.9. The summed E-state index contributed by atoms with van der Waals surface area (Å²) in [7, 11) is 3.99. The molecular formula is C35H43N3O2S. The molecule has 0 unspecified atom stereocenters. The molecule has 1 heterocycles. The van der Waals surface area contributed by atoms with Gasteiger partial charge in [0.25, 0.3) is 0 Å². The average molecular weight is 570 g/mol. The number of rotatable bonds is 15. The van der Waals surface area contributed by atoms with E-state index in [4.69, 9.17) is 4.98 Å². The number of nitrogens with zero attached hydrogens (tertiary/aromatic N) is 3. The second-order valence-corrected chi connectivity index (χ2v) is 11.9. The van der Waals surface area contributed by atoms with Gasteiger partial charge in [-0.25, -0.2) is 4.98 Å². The van der Waals surface area contributed by atoms with Gasteiger partial charge >= 0.3 is 5.97 Å². The third-order valence-corrected chi connectivity index (χ3v) is 8.61. The van der Waals surface area contributed by atoms with Crippen LogP contribution in [0.3, 0.4) is 0 Å². The number of carboxylic acid groups (broad SMARTS) is 1. The van der Waals surface area contributed by atoms with Gasteiger partial charge in [0, 0.05) is 30.2 Å². The Labute approximate surface area is 249 Å². The highest BCUT2D eigenvalue weighted by atomic mass is 32.1. The molecule has 5 nitrogen and oxygen atoms in total. The van der Waals surface area contributed by atoms with Gasteiger partial charge in [-0.1, -0.05) is 93.4 Å². The smallest absolute Gasteiger partial charge is 0.321 e. The molecule has 1 atom stereocenters. The number of hydrogen-bond donors (Lipinski definition) is 1. The van der Waals surface area contributed by atoms with Crippen LogP contribution >= 0.6 is 11.3 Å². The van der Waals surface area contributed by atoms with Crippen LogP contribution in [0.25, 0.3) is 11.3 Å². The Hall–Kier alpha value is -3.48. The van der Waals surface area contributed by atoms with Crippen molar-refractivity contribution in [2.75, 3.05) is 19.0 Å². The van der Waals surface area contributed by atoms with E-state index in [2.05, 4.69) is 79.7 Å². The third kappa shape index (κ3) is 8.51. The Kier molecular flexibility index (Phi) is 11.1. The minimum absolute atomic E-state index is 0.461. The zero-order chi connectivity index (χ0) is 29.2. The lowest BCUT2D eigenvalue weighted by Crippen LogP contribution is -2.39. The highest BCUT2D eigenvalue weighted by Gasteiger charge is 2.24. The van der Waals surface area contributed by atoms with Gasteiger partial charge in [0.15, 0.2) is 0 Å². The molecule has 0 spiro atoms. The van der Waals surface area contributed by atoms with E-state index in [9.17, 15) is 9.90 Å². The summed E-state index contributed by atoms with van der Waals surface area (Å²) in [5.74, 6) is -0.148. The van der Waals surface area contributed by atoms with Crippen LogP contribution in [0.2, 0.25) is 0 Å². The number of aliphatic carboxylic acids is 1. The highest BCUT2D eigenvalue weighted by molar-refractivity contribution is 7.09. The molecule has 1 aromatic heterocycles. The zero-order valence-corrected chi connectivity index (χ0v) is 25.6. The van der Waals surface area contributed by atoms with E-state index in [1.54, 1.807) is 11.3 Å². The van der Waals surface area contributed by atoms with Gasteiger partial charge < -0.3 is 10.0 Å². The fraction of sp³-hybridized carbons (Fsp3) is 0.371. The van der Waals surface area contributed by atoms with Crippen molar-refractivity contribution in [1.82, 2.24) is 9.88 Å². The minimum Gasteiger partial charge on any atom is -0.480 e. The monoisotopic (exact) mass is 569 g/mol. The van der Waals surface area contributed by atoms with Crippen LogP contribution in [0.1, 0.15) is 67.1 Å². The Balaban J connectivity index is 1.35. The number of likely N-dealkylation sites (N-methyl/N-ethyl adjacent to an activating group) is 1. The topological polar surface area (TPSA) is 56.7 Å². The minimum atomic E-state index is -0.819. The van der Waals surface area contributed by atoms with Gasteiger partial charge in [-0.05, 0) is 61.1 Å². The summed E-state index contributed by atoms with van der Waals surface area (Å²) < 4.78 is 0. The second-order valence-electron chi connectivity index (χ2n) is 11.0. The van der Waals surface area contributed by atoms with E-state index >= 15 is 0 Å². The van der Waals surface area contributed by atoms with Gasteiger partial charge in [-0.3, -0.25) is 9.69 Å². The Morgan fingerprint density at radius 3 is 2.12 bits per heavy atom. The van der Waals surface area contributed by atoms with E-state index in [1.807, 2.05) is 42.3 Å². The first kappa shape index (κ1) is 30.5. The summed E-state index contributed by atoms with van der Waals surface area (Å²) in [5, 5.41) is 12.8. The number of thiazole rings is 1. The summed E-state index contributed by atoms with van der Waals surface area (Å²) in [5.41, 5.74) is 6.94. The molecule has 216 valence electrons. The van der Waals surface area contributed by atoms with Crippen LogP contribution in [-0.4, -0.2) is 41.1 Å². The molecule has 0 amide bonds. The number of hydrogen-bond acceptors (Lipinski definition) is 5. The van der Waals surface area contributed by atoms with Crippen LogP contribution in [0.15, 0.2) is 84.2 Å². The Bertz CT molecular complexity index is 1350. The normalized spacial score (nSPS) is 12.1. The van der Waals surface area contributed by atoms with E-state index < -0.39 is 12.0 Å². The number of carbonyl (C=O) groups is 1. The predicted octanol–water partition coefficient (Wildman–Crippen LogP) is 8.26. The summed E-state index contributed by atoms with van der Waals surface area (Å²) in [6.07, 6.45) is 5.43. The van der Waals surface area contributed by atoms with Crippen molar-refractivity contribution < 1.29 is 9.90 Å². The van der Waals surface area contributed by atoms with Gasteiger partial charge in [-0.2, -0.15) is 0 Å². The van der Waals surface area contributed by atoms with Crippen LogP contribution in [0.4, 0.5) is 5.69 Å². The molecule has 0 saturated heterocycles. The van der Waals surface area contributed by atoms with E-state index in [1.165, 1.54) is 36.8 Å². The molecule has 4 rings (SSSR count). The molecule has 0 aliphatic heterocycles. The largest absolute Gasteiger partial charge is 0.480 e. The molecule has 0 bridgehead atoms. The quantitative estimate of drug-likeness (QED) is 0.156. The van der Waals surface area contributed by atoms with Gasteiger partial charge in [0.2, 0.25) is 0 Å². The number of carboxylic acids is 1. The molecule has 3 aromatic carbocycles. The van der Waals surface area contributed by atoms with E-state index in [0.717, 1.165) is 34.1 Å². The molecule has 0 radical (unpaired) electrons. The first-order valence-electron chi connectivity index (χ1n) is 14.7. The molecule has 0 aliphatic carbocycles. The Morgan fingerprint density at radius 1 is 0.854 bits per heavy atom. The maximum absolute atomic E-state index is 12.0. The average Bonchev–Trinajstić information content (AvgIpc) is 3.45. The maximum atomic E-state index is 12.0. The number of benzene rings is 3. The first-order valence-corrected chi connectivity index (χ1v) is 15.6. The molecule has 4 aromatic rings. The first-order chi connectivity index (χ1) is 19.9. The van der Waals surface area contributed by atoms with Gasteiger partial charge in [0.1, 0.15) is 11.0 Å². The lowest BCUT2D eigenvalue weighted by Gasteiger charge is -2.23. The number of aromatic nitrogens is 1. The van der Waals surface area contributed by atoms with Crippen LogP contribution in [0.5, 0.6) is 0 Å². The predicted molar refractivity (Wildman–Crippen MR) is 172 cm³/mol. The van der Waals surface area contributed by atoms with Crippen molar-refractivity contribution in [2.45, 2.75) is 71.0 Å².